The lowest BCUT2D eigenvalue weighted by molar-refractivity contribution is -0.126. The van der Waals surface area contributed by atoms with E-state index in [-0.39, 0.29) is 35.1 Å². The predicted octanol–water partition coefficient (Wildman–Crippen LogP) is 5.60. The van der Waals surface area contributed by atoms with Crippen molar-refractivity contribution in [1.29, 1.82) is 0 Å². The number of hydrogen-bond donors (Lipinski definition) is 0. The molecule has 2 atom stereocenters. The minimum Gasteiger partial charge on any atom is -0.295 e. The van der Waals surface area contributed by atoms with Crippen molar-refractivity contribution in [2.75, 3.05) is 0 Å². The van der Waals surface area contributed by atoms with Gasteiger partial charge in [-0.15, -0.1) is 0 Å². The quantitative estimate of drug-likeness (QED) is 0.251. The van der Waals surface area contributed by atoms with Crippen LogP contribution in [0, 0.1) is 27.7 Å². The number of rotatable bonds is 8. The third-order valence-corrected chi connectivity index (χ3v) is 8.75. The van der Waals surface area contributed by atoms with Crippen molar-refractivity contribution < 1.29 is 24.0 Å². The van der Waals surface area contributed by atoms with E-state index in [9.17, 15) is 24.0 Å². The summed E-state index contributed by atoms with van der Waals surface area (Å²) in [6.07, 6.45) is 0.0892. The molecule has 0 saturated carbocycles. The van der Waals surface area contributed by atoms with Gasteiger partial charge in [-0.2, -0.15) is 0 Å². The van der Waals surface area contributed by atoms with Gasteiger partial charge in [-0.05, 0) is 74.2 Å². The molecule has 0 spiro atoms. The fourth-order valence-corrected chi connectivity index (χ4v) is 6.41. The van der Waals surface area contributed by atoms with Crippen LogP contribution in [0.5, 0.6) is 0 Å². The first kappa shape index (κ1) is 28.9. The van der Waals surface area contributed by atoms with E-state index in [1.54, 1.807) is 48.5 Å². The molecule has 6 rings (SSSR count). The number of nitrogens with zero attached hydrogens (tertiary/aromatic N) is 2. The highest BCUT2D eigenvalue weighted by molar-refractivity contribution is 6.25. The maximum absolute atomic E-state index is 15.0. The Balaban J connectivity index is 1.49. The van der Waals surface area contributed by atoms with Gasteiger partial charge in [-0.25, -0.2) is 0 Å². The van der Waals surface area contributed by atoms with Crippen molar-refractivity contribution in [3.63, 3.8) is 0 Å². The van der Waals surface area contributed by atoms with Crippen molar-refractivity contribution in [3.05, 3.63) is 141 Å². The van der Waals surface area contributed by atoms with Gasteiger partial charge >= 0.3 is 0 Å². The molecule has 0 saturated heterocycles. The zero-order valence-electron chi connectivity index (χ0n) is 25.1. The third-order valence-electron chi connectivity index (χ3n) is 8.75. The second-order valence-electron chi connectivity index (χ2n) is 11.8. The molecule has 0 aliphatic carbocycles. The topological polar surface area (TPSA) is 91.8 Å². The highest BCUT2D eigenvalue weighted by atomic mass is 16.2. The second kappa shape index (κ2) is 11.2. The van der Waals surface area contributed by atoms with E-state index < -0.39 is 41.5 Å². The van der Waals surface area contributed by atoms with Crippen LogP contribution < -0.4 is 0 Å². The Bertz CT molecular complexity index is 1690. The molecular weight excluding hydrogens is 552 g/mol. The standard InChI is InChI=1S/C37H32N2O5/c1-21-13-15-25(23(3)17-21)19-31(38-34(41)27-9-5-6-10-28(27)35(38)42)33(40)32(20-26-16-14-22(2)18-24(26)4)39-36(43)29-11-7-8-12-30(29)37(39)44/h5-18,31-32H,19-20H2,1-4H3. The van der Waals surface area contributed by atoms with E-state index in [0.717, 1.165) is 43.2 Å². The SMILES string of the molecule is Cc1ccc(CC(C(=O)C(Cc2ccc(C)cc2C)N2C(=O)c3ccccc3C2=O)N2C(=O)c3ccccc3C2=O)c(C)c1. The van der Waals surface area contributed by atoms with E-state index in [0.29, 0.717) is 0 Å². The molecule has 4 aromatic carbocycles. The molecule has 2 unspecified atom stereocenters. The summed E-state index contributed by atoms with van der Waals surface area (Å²) in [6.45, 7) is 7.77. The van der Waals surface area contributed by atoms with Crippen molar-refractivity contribution in [2.45, 2.75) is 52.6 Å². The Morgan fingerprint density at radius 3 is 1.14 bits per heavy atom. The first-order valence-electron chi connectivity index (χ1n) is 14.7. The summed E-state index contributed by atoms with van der Waals surface area (Å²) >= 11 is 0. The number of hydrogen-bond acceptors (Lipinski definition) is 5. The number of carbonyl (C=O) groups excluding carboxylic acids is 5. The number of Topliss-reactive ketones (excluding diaryl/α,β-unsaturated/α-hetero) is 1. The van der Waals surface area contributed by atoms with Gasteiger partial charge in [0.1, 0.15) is 12.1 Å². The smallest absolute Gasteiger partial charge is 0.262 e. The summed E-state index contributed by atoms with van der Waals surface area (Å²) in [7, 11) is 0. The van der Waals surface area contributed by atoms with Crippen molar-refractivity contribution in [1.82, 2.24) is 9.80 Å². The van der Waals surface area contributed by atoms with Gasteiger partial charge in [0.15, 0.2) is 5.78 Å². The van der Waals surface area contributed by atoms with Crippen LogP contribution in [0.2, 0.25) is 0 Å². The second-order valence-corrected chi connectivity index (χ2v) is 11.8. The molecule has 2 aliphatic rings. The van der Waals surface area contributed by atoms with Crippen molar-refractivity contribution in [3.8, 4) is 0 Å². The monoisotopic (exact) mass is 584 g/mol. The minimum atomic E-state index is -1.26. The Hall–Kier alpha value is -5.17. The Morgan fingerprint density at radius 2 is 0.841 bits per heavy atom. The average molecular weight is 585 g/mol. The zero-order valence-corrected chi connectivity index (χ0v) is 25.1. The van der Waals surface area contributed by atoms with E-state index >= 15 is 0 Å². The summed E-state index contributed by atoms with van der Waals surface area (Å²) in [6, 6.07) is 22.1. The zero-order chi connectivity index (χ0) is 31.3. The molecule has 220 valence electrons. The Labute approximate surface area is 256 Å². The Kier molecular flexibility index (Phi) is 7.33. The number of amides is 4. The molecule has 0 fully saturated rings. The lowest BCUT2D eigenvalue weighted by atomic mass is 9.89. The molecule has 0 N–H and O–H groups in total. The first-order valence-corrected chi connectivity index (χ1v) is 14.7. The van der Waals surface area contributed by atoms with Gasteiger partial charge < -0.3 is 0 Å². The number of fused-ring (bicyclic) bond motifs is 2. The van der Waals surface area contributed by atoms with Gasteiger partial charge in [0.05, 0.1) is 22.3 Å². The molecule has 0 radical (unpaired) electrons. The largest absolute Gasteiger partial charge is 0.295 e. The van der Waals surface area contributed by atoms with Crippen molar-refractivity contribution >= 4 is 29.4 Å². The Morgan fingerprint density at radius 1 is 0.523 bits per heavy atom. The van der Waals surface area contributed by atoms with Crippen LogP contribution >= 0.6 is 0 Å². The highest BCUT2D eigenvalue weighted by Gasteiger charge is 2.49. The van der Waals surface area contributed by atoms with E-state index in [1.807, 2.05) is 64.1 Å². The lowest BCUT2D eigenvalue weighted by Crippen LogP contribution is -2.56. The van der Waals surface area contributed by atoms with Gasteiger partial charge in [0.25, 0.3) is 23.6 Å². The molecular formula is C37H32N2O5. The van der Waals surface area contributed by atoms with Crippen LogP contribution in [0.15, 0.2) is 84.9 Å². The molecule has 4 aromatic rings. The fraction of sp³-hybridized carbons (Fsp3) is 0.216. The van der Waals surface area contributed by atoms with Crippen LogP contribution in [0.4, 0.5) is 0 Å². The van der Waals surface area contributed by atoms with E-state index in [2.05, 4.69) is 0 Å². The third kappa shape index (κ3) is 4.84. The number of benzene rings is 4. The minimum absolute atomic E-state index is 0.0446. The van der Waals surface area contributed by atoms with Crippen LogP contribution in [-0.2, 0) is 17.6 Å². The van der Waals surface area contributed by atoms with Gasteiger partial charge in [0.2, 0.25) is 0 Å². The first-order chi connectivity index (χ1) is 21.1. The number of ketones is 1. The van der Waals surface area contributed by atoms with Gasteiger partial charge in [0, 0.05) is 12.8 Å². The highest BCUT2D eigenvalue weighted by Crippen LogP contribution is 2.32. The summed E-state index contributed by atoms with van der Waals surface area (Å²) < 4.78 is 0. The lowest BCUT2D eigenvalue weighted by Gasteiger charge is -2.33. The molecule has 2 heterocycles. The summed E-state index contributed by atoms with van der Waals surface area (Å²) in [5.74, 6) is -2.82. The maximum Gasteiger partial charge on any atom is 0.262 e. The number of carbonyl (C=O) groups is 5. The van der Waals surface area contributed by atoms with Gasteiger partial charge in [-0.1, -0.05) is 71.8 Å². The molecule has 0 aromatic heterocycles. The summed E-state index contributed by atoms with van der Waals surface area (Å²) in [4.78, 5) is 72.2. The van der Waals surface area contributed by atoms with E-state index in [1.165, 1.54) is 0 Å². The average Bonchev–Trinajstić information content (AvgIpc) is 3.41. The molecule has 7 heteroatoms. The molecule has 7 nitrogen and oxygen atoms in total. The van der Waals surface area contributed by atoms with Crippen LogP contribution in [-0.4, -0.2) is 51.3 Å². The fourth-order valence-electron chi connectivity index (χ4n) is 6.41. The van der Waals surface area contributed by atoms with Crippen molar-refractivity contribution in [2.24, 2.45) is 0 Å². The molecule has 0 bridgehead atoms. The van der Waals surface area contributed by atoms with Crippen LogP contribution in [0.25, 0.3) is 0 Å². The molecule has 44 heavy (non-hydrogen) atoms. The molecule has 2 aliphatic heterocycles. The number of imide groups is 2. The maximum atomic E-state index is 15.0. The predicted molar refractivity (Wildman–Crippen MR) is 166 cm³/mol. The number of aryl methyl sites for hydroxylation is 4. The van der Waals surface area contributed by atoms with Crippen LogP contribution in [0.3, 0.4) is 0 Å². The summed E-state index contributed by atoms with van der Waals surface area (Å²) in [5, 5.41) is 0. The normalized spacial score (nSPS) is 15.5. The van der Waals surface area contributed by atoms with Gasteiger partial charge in [-0.3, -0.25) is 33.8 Å². The summed E-state index contributed by atoms with van der Waals surface area (Å²) in [5.41, 5.74) is 6.37. The molecule has 4 amide bonds. The van der Waals surface area contributed by atoms with E-state index in [4.69, 9.17) is 0 Å². The van der Waals surface area contributed by atoms with Crippen LogP contribution in [0.1, 0.15) is 74.8 Å².